The van der Waals surface area contributed by atoms with Crippen LogP contribution in [-0.2, 0) is 0 Å². The molecule has 0 fully saturated rings. The van der Waals surface area contributed by atoms with Crippen molar-refractivity contribution in [2.24, 2.45) is 0 Å². The number of aryl methyl sites for hydroxylation is 2. The molecule has 0 aliphatic carbocycles. The van der Waals surface area contributed by atoms with Gasteiger partial charge in [-0.1, -0.05) is 17.7 Å². The molecule has 0 atom stereocenters. The Labute approximate surface area is 106 Å². The first kappa shape index (κ1) is 12.2. The minimum absolute atomic E-state index is 0.151. The zero-order valence-electron chi connectivity index (χ0n) is 10.4. The molecule has 0 aliphatic rings. The molecule has 92 valence electrons. The molecular formula is C15H15NO2. The van der Waals surface area contributed by atoms with Crippen LogP contribution in [0.2, 0.25) is 0 Å². The SMILES string of the molecule is Cc1ccc(NC(=O)c2ccc(O)cc2)c(C)c1. The topological polar surface area (TPSA) is 49.3 Å². The smallest absolute Gasteiger partial charge is 0.255 e. The first-order valence-electron chi connectivity index (χ1n) is 5.74. The van der Waals surface area contributed by atoms with Gasteiger partial charge in [-0.25, -0.2) is 0 Å². The van der Waals surface area contributed by atoms with E-state index in [1.54, 1.807) is 12.1 Å². The predicted molar refractivity (Wildman–Crippen MR) is 72.0 cm³/mol. The normalized spacial score (nSPS) is 10.1. The summed E-state index contributed by atoms with van der Waals surface area (Å²) in [7, 11) is 0. The van der Waals surface area contributed by atoms with E-state index < -0.39 is 0 Å². The molecule has 0 spiro atoms. The molecule has 0 aliphatic heterocycles. The van der Waals surface area contributed by atoms with Crippen molar-refractivity contribution in [3.63, 3.8) is 0 Å². The number of hydrogen-bond acceptors (Lipinski definition) is 2. The fourth-order valence-corrected chi connectivity index (χ4v) is 1.76. The fourth-order valence-electron chi connectivity index (χ4n) is 1.76. The van der Waals surface area contributed by atoms with Crippen molar-refractivity contribution in [1.29, 1.82) is 0 Å². The summed E-state index contributed by atoms with van der Waals surface area (Å²) < 4.78 is 0. The number of aromatic hydroxyl groups is 1. The fraction of sp³-hybridized carbons (Fsp3) is 0.133. The van der Waals surface area contributed by atoms with Crippen molar-refractivity contribution in [3.8, 4) is 5.75 Å². The maximum atomic E-state index is 12.0. The van der Waals surface area contributed by atoms with E-state index in [-0.39, 0.29) is 11.7 Å². The molecule has 3 heteroatoms. The van der Waals surface area contributed by atoms with Gasteiger partial charge in [0.25, 0.3) is 5.91 Å². The molecule has 2 rings (SSSR count). The Kier molecular flexibility index (Phi) is 3.33. The van der Waals surface area contributed by atoms with E-state index >= 15 is 0 Å². The molecule has 18 heavy (non-hydrogen) atoms. The third kappa shape index (κ3) is 2.69. The van der Waals surface area contributed by atoms with E-state index in [2.05, 4.69) is 5.32 Å². The molecule has 0 heterocycles. The monoisotopic (exact) mass is 241 g/mol. The first-order valence-corrected chi connectivity index (χ1v) is 5.74. The molecule has 1 amide bonds. The standard InChI is InChI=1S/C15H15NO2/c1-10-3-8-14(11(2)9-10)16-15(18)12-4-6-13(17)7-5-12/h3-9,17H,1-2H3,(H,16,18). The van der Waals surface area contributed by atoms with Crippen molar-refractivity contribution in [2.75, 3.05) is 5.32 Å². The minimum atomic E-state index is -0.179. The lowest BCUT2D eigenvalue weighted by atomic mass is 10.1. The van der Waals surface area contributed by atoms with E-state index in [0.29, 0.717) is 5.56 Å². The minimum Gasteiger partial charge on any atom is -0.508 e. The summed E-state index contributed by atoms with van der Waals surface area (Å²) in [6.07, 6.45) is 0. The molecule has 2 aromatic carbocycles. The molecule has 0 aromatic heterocycles. The first-order chi connectivity index (χ1) is 8.56. The summed E-state index contributed by atoms with van der Waals surface area (Å²) in [6.45, 7) is 3.97. The molecule has 0 radical (unpaired) electrons. The second kappa shape index (κ2) is 4.92. The van der Waals surface area contributed by atoms with Crippen LogP contribution in [0.15, 0.2) is 42.5 Å². The summed E-state index contributed by atoms with van der Waals surface area (Å²) in [5, 5.41) is 12.0. The van der Waals surface area contributed by atoms with Gasteiger partial charge in [-0.2, -0.15) is 0 Å². The van der Waals surface area contributed by atoms with Crippen LogP contribution in [0.3, 0.4) is 0 Å². The van der Waals surface area contributed by atoms with E-state index in [4.69, 9.17) is 0 Å². The van der Waals surface area contributed by atoms with Crippen LogP contribution in [0.25, 0.3) is 0 Å². The van der Waals surface area contributed by atoms with Gasteiger partial charge < -0.3 is 10.4 Å². The second-order valence-electron chi connectivity index (χ2n) is 4.32. The number of benzene rings is 2. The molecule has 0 unspecified atom stereocenters. The lowest BCUT2D eigenvalue weighted by molar-refractivity contribution is 0.102. The highest BCUT2D eigenvalue weighted by atomic mass is 16.3. The molecule has 3 nitrogen and oxygen atoms in total. The number of anilines is 1. The highest BCUT2D eigenvalue weighted by Crippen LogP contribution is 2.17. The Bertz CT molecular complexity index is 574. The van der Waals surface area contributed by atoms with Crippen LogP contribution in [0.1, 0.15) is 21.5 Å². The number of phenolic OH excluding ortho intramolecular Hbond substituents is 1. The average Bonchev–Trinajstić information content (AvgIpc) is 2.33. The molecule has 2 N–H and O–H groups in total. The summed E-state index contributed by atoms with van der Waals surface area (Å²) >= 11 is 0. The van der Waals surface area contributed by atoms with Crippen molar-refractivity contribution >= 4 is 11.6 Å². The van der Waals surface area contributed by atoms with Crippen LogP contribution >= 0.6 is 0 Å². The van der Waals surface area contributed by atoms with Crippen LogP contribution in [-0.4, -0.2) is 11.0 Å². The third-order valence-corrected chi connectivity index (χ3v) is 2.76. The Balaban J connectivity index is 2.18. The lowest BCUT2D eigenvalue weighted by Gasteiger charge is -2.09. The van der Waals surface area contributed by atoms with E-state index in [9.17, 15) is 9.90 Å². The maximum absolute atomic E-state index is 12.0. The number of nitrogens with one attached hydrogen (secondary N) is 1. The van der Waals surface area contributed by atoms with Gasteiger partial charge in [-0.05, 0) is 49.7 Å². The Morgan fingerprint density at radius 2 is 1.72 bits per heavy atom. The molecule has 0 saturated heterocycles. The quantitative estimate of drug-likeness (QED) is 0.847. The molecule has 0 bridgehead atoms. The summed E-state index contributed by atoms with van der Waals surface area (Å²) in [4.78, 5) is 12.0. The van der Waals surface area contributed by atoms with Crippen molar-refractivity contribution in [2.45, 2.75) is 13.8 Å². The average molecular weight is 241 g/mol. The van der Waals surface area contributed by atoms with Crippen LogP contribution < -0.4 is 5.32 Å². The van der Waals surface area contributed by atoms with Crippen molar-refractivity contribution < 1.29 is 9.90 Å². The van der Waals surface area contributed by atoms with Gasteiger partial charge in [-0.3, -0.25) is 4.79 Å². The Morgan fingerprint density at radius 1 is 1.06 bits per heavy atom. The highest BCUT2D eigenvalue weighted by molar-refractivity contribution is 6.04. The van der Waals surface area contributed by atoms with Crippen molar-refractivity contribution in [3.05, 3.63) is 59.2 Å². The van der Waals surface area contributed by atoms with Crippen LogP contribution in [0, 0.1) is 13.8 Å². The number of amides is 1. The predicted octanol–water partition coefficient (Wildman–Crippen LogP) is 3.26. The summed E-state index contributed by atoms with van der Waals surface area (Å²) in [6, 6.07) is 12.0. The van der Waals surface area contributed by atoms with Gasteiger partial charge in [0.05, 0.1) is 0 Å². The van der Waals surface area contributed by atoms with E-state index in [1.165, 1.54) is 12.1 Å². The molecule has 0 saturated carbocycles. The number of carbonyl (C=O) groups excluding carboxylic acids is 1. The third-order valence-electron chi connectivity index (χ3n) is 2.76. The number of carbonyl (C=O) groups is 1. The Morgan fingerprint density at radius 3 is 2.33 bits per heavy atom. The summed E-state index contributed by atoms with van der Waals surface area (Å²) in [5.74, 6) is -0.0278. The Hall–Kier alpha value is -2.29. The van der Waals surface area contributed by atoms with Crippen LogP contribution in [0.4, 0.5) is 5.69 Å². The lowest BCUT2D eigenvalue weighted by Crippen LogP contribution is -2.12. The molecule has 2 aromatic rings. The zero-order valence-corrected chi connectivity index (χ0v) is 10.4. The second-order valence-corrected chi connectivity index (χ2v) is 4.32. The van der Waals surface area contributed by atoms with Gasteiger partial charge in [0, 0.05) is 11.3 Å². The number of rotatable bonds is 2. The zero-order chi connectivity index (χ0) is 13.1. The van der Waals surface area contributed by atoms with Crippen molar-refractivity contribution in [1.82, 2.24) is 0 Å². The van der Waals surface area contributed by atoms with Gasteiger partial charge in [-0.15, -0.1) is 0 Å². The largest absolute Gasteiger partial charge is 0.508 e. The number of hydrogen-bond donors (Lipinski definition) is 2. The van der Waals surface area contributed by atoms with Gasteiger partial charge in [0.15, 0.2) is 0 Å². The highest BCUT2D eigenvalue weighted by Gasteiger charge is 2.07. The summed E-state index contributed by atoms with van der Waals surface area (Å²) in [5.41, 5.74) is 3.52. The van der Waals surface area contributed by atoms with E-state index in [1.807, 2.05) is 32.0 Å². The maximum Gasteiger partial charge on any atom is 0.255 e. The molecular weight excluding hydrogens is 226 g/mol. The van der Waals surface area contributed by atoms with Crippen LogP contribution in [0.5, 0.6) is 5.75 Å². The van der Waals surface area contributed by atoms with E-state index in [0.717, 1.165) is 16.8 Å². The van der Waals surface area contributed by atoms with Gasteiger partial charge in [0.1, 0.15) is 5.75 Å². The number of phenols is 1. The van der Waals surface area contributed by atoms with Gasteiger partial charge in [0.2, 0.25) is 0 Å². The van der Waals surface area contributed by atoms with Gasteiger partial charge >= 0.3 is 0 Å².